The van der Waals surface area contributed by atoms with Gasteiger partial charge in [0.2, 0.25) is 0 Å². The highest BCUT2D eigenvalue weighted by Crippen LogP contribution is 2.09. The molecule has 4 heteroatoms. The van der Waals surface area contributed by atoms with Crippen molar-refractivity contribution in [3.63, 3.8) is 0 Å². The van der Waals surface area contributed by atoms with E-state index in [0.29, 0.717) is 32.7 Å². The highest BCUT2D eigenvalue weighted by atomic mass is 16.5. The van der Waals surface area contributed by atoms with Gasteiger partial charge in [0.25, 0.3) is 0 Å². The molecule has 0 amide bonds. The summed E-state index contributed by atoms with van der Waals surface area (Å²) in [6.07, 6.45) is 13.1. The molecule has 0 unspecified atom stereocenters. The third-order valence-corrected chi connectivity index (χ3v) is 3.80. The summed E-state index contributed by atoms with van der Waals surface area (Å²) in [7, 11) is 0. The van der Waals surface area contributed by atoms with E-state index in [1.54, 1.807) is 0 Å². The predicted molar refractivity (Wildman–Crippen MR) is 99.3 cm³/mol. The maximum absolute atomic E-state index is 11.3. The van der Waals surface area contributed by atoms with Gasteiger partial charge in [-0.05, 0) is 26.7 Å². The lowest BCUT2D eigenvalue weighted by molar-refractivity contribution is -0.147. The van der Waals surface area contributed by atoms with E-state index in [1.165, 1.54) is 51.4 Å². The van der Waals surface area contributed by atoms with Crippen molar-refractivity contribution in [1.29, 1.82) is 0 Å². The molecule has 4 nitrogen and oxygen atoms in total. The predicted octanol–water partition coefficient (Wildman–Crippen LogP) is 5.28. The van der Waals surface area contributed by atoms with Gasteiger partial charge < -0.3 is 14.2 Å². The van der Waals surface area contributed by atoms with E-state index in [0.717, 1.165) is 13.0 Å². The van der Waals surface area contributed by atoms with Gasteiger partial charge in [-0.3, -0.25) is 4.79 Å². The van der Waals surface area contributed by atoms with Gasteiger partial charge in [0, 0.05) is 19.6 Å². The van der Waals surface area contributed by atoms with Gasteiger partial charge in [0.1, 0.15) is 0 Å². The lowest BCUT2D eigenvalue weighted by Crippen LogP contribution is -2.12. The van der Waals surface area contributed by atoms with Crippen molar-refractivity contribution in [2.24, 2.45) is 0 Å². The van der Waals surface area contributed by atoms with Gasteiger partial charge in [0.15, 0.2) is 0 Å². The van der Waals surface area contributed by atoms with Crippen LogP contribution in [-0.2, 0) is 19.0 Å². The molecule has 0 aliphatic carbocycles. The lowest BCUT2D eigenvalue weighted by atomic mass is 10.1. The van der Waals surface area contributed by atoms with E-state index >= 15 is 0 Å². The molecular formula is C20H40O4. The van der Waals surface area contributed by atoms with Crippen LogP contribution in [0.2, 0.25) is 0 Å². The minimum atomic E-state index is -0.143. The zero-order valence-electron chi connectivity index (χ0n) is 16.3. The minimum Gasteiger partial charge on any atom is -0.463 e. The third-order valence-electron chi connectivity index (χ3n) is 3.80. The van der Waals surface area contributed by atoms with Crippen LogP contribution in [0.5, 0.6) is 0 Å². The molecule has 0 fully saturated rings. The SMILES string of the molecule is CCCCCCCCCCCOCCOCCCC(=O)OC(C)C. The summed E-state index contributed by atoms with van der Waals surface area (Å²) < 4.78 is 16.1. The average Bonchev–Trinajstić information content (AvgIpc) is 2.53. The molecule has 0 N–H and O–H groups in total. The molecule has 24 heavy (non-hydrogen) atoms. The van der Waals surface area contributed by atoms with E-state index in [9.17, 15) is 4.79 Å². The summed E-state index contributed by atoms with van der Waals surface area (Å²) in [6.45, 7) is 8.66. The van der Waals surface area contributed by atoms with E-state index in [4.69, 9.17) is 14.2 Å². The Morgan fingerprint density at radius 1 is 0.708 bits per heavy atom. The van der Waals surface area contributed by atoms with Crippen molar-refractivity contribution in [3.8, 4) is 0 Å². The van der Waals surface area contributed by atoms with Gasteiger partial charge in [-0.15, -0.1) is 0 Å². The van der Waals surface area contributed by atoms with Crippen LogP contribution in [0.15, 0.2) is 0 Å². The molecule has 0 radical (unpaired) electrons. The first-order valence-corrected chi connectivity index (χ1v) is 10.0. The quantitative estimate of drug-likeness (QED) is 0.250. The summed E-state index contributed by atoms with van der Waals surface area (Å²) in [5.41, 5.74) is 0. The van der Waals surface area contributed by atoms with Gasteiger partial charge >= 0.3 is 5.97 Å². The topological polar surface area (TPSA) is 44.8 Å². The van der Waals surface area contributed by atoms with E-state index in [1.807, 2.05) is 13.8 Å². The van der Waals surface area contributed by atoms with Crippen molar-refractivity contribution in [2.45, 2.75) is 97.5 Å². The summed E-state index contributed by atoms with van der Waals surface area (Å²) in [5, 5.41) is 0. The highest BCUT2D eigenvalue weighted by molar-refractivity contribution is 5.69. The fourth-order valence-electron chi connectivity index (χ4n) is 2.48. The molecule has 0 aromatic heterocycles. The van der Waals surface area contributed by atoms with Crippen LogP contribution >= 0.6 is 0 Å². The first-order chi connectivity index (χ1) is 11.7. The molecule has 0 saturated carbocycles. The number of unbranched alkanes of at least 4 members (excludes halogenated alkanes) is 8. The van der Waals surface area contributed by atoms with E-state index < -0.39 is 0 Å². The van der Waals surface area contributed by atoms with Gasteiger partial charge in [-0.25, -0.2) is 0 Å². The smallest absolute Gasteiger partial charge is 0.306 e. The molecule has 144 valence electrons. The van der Waals surface area contributed by atoms with Crippen LogP contribution in [0.4, 0.5) is 0 Å². The van der Waals surface area contributed by atoms with Crippen molar-refractivity contribution >= 4 is 5.97 Å². The molecule has 0 atom stereocenters. The maximum Gasteiger partial charge on any atom is 0.306 e. The first kappa shape index (κ1) is 23.4. The maximum atomic E-state index is 11.3. The second-order valence-electron chi connectivity index (χ2n) is 6.70. The summed E-state index contributed by atoms with van der Waals surface area (Å²) in [5.74, 6) is -0.143. The molecule has 0 saturated heterocycles. The first-order valence-electron chi connectivity index (χ1n) is 10.0. The molecule has 0 aromatic carbocycles. The summed E-state index contributed by atoms with van der Waals surface area (Å²) >= 11 is 0. The largest absolute Gasteiger partial charge is 0.463 e. The van der Waals surface area contributed by atoms with Gasteiger partial charge in [0.05, 0.1) is 19.3 Å². The van der Waals surface area contributed by atoms with Crippen LogP contribution in [-0.4, -0.2) is 38.5 Å². The number of esters is 1. The Morgan fingerprint density at radius 3 is 1.75 bits per heavy atom. The van der Waals surface area contributed by atoms with Crippen LogP contribution in [0.25, 0.3) is 0 Å². The number of carbonyl (C=O) groups excluding carboxylic acids is 1. The van der Waals surface area contributed by atoms with Crippen molar-refractivity contribution < 1.29 is 19.0 Å². The summed E-state index contributed by atoms with van der Waals surface area (Å²) in [4.78, 5) is 11.3. The Bertz CT molecular complexity index is 266. The zero-order valence-corrected chi connectivity index (χ0v) is 16.3. The average molecular weight is 345 g/mol. The van der Waals surface area contributed by atoms with Gasteiger partial charge in [-0.1, -0.05) is 58.3 Å². The lowest BCUT2D eigenvalue weighted by Gasteiger charge is -2.08. The number of rotatable bonds is 18. The molecule has 0 heterocycles. The molecular weight excluding hydrogens is 304 g/mol. The van der Waals surface area contributed by atoms with Crippen LogP contribution in [0.3, 0.4) is 0 Å². The number of ether oxygens (including phenoxy) is 3. The fraction of sp³-hybridized carbons (Fsp3) is 0.950. The van der Waals surface area contributed by atoms with Crippen molar-refractivity contribution in [2.75, 3.05) is 26.4 Å². The van der Waals surface area contributed by atoms with E-state index in [-0.39, 0.29) is 12.1 Å². The number of hydrogen-bond acceptors (Lipinski definition) is 4. The summed E-state index contributed by atoms with van der Waals surface area (Å²) in [6, 6.07) is 0. The molecule has 0 aliphatic rings. The second-order valence-corrected chi connectivity index (χ2v) is 6.70. The van der Waals surface area contributed by atoms with E-state index in [2.05, 4.69) is 6.92 Å². The van der Waals surface area contributed by atoms with Gasteiger partial charge in [-0.2, -0.15) is 0 Å². The Hall–Kier alpha value is -0.610. The van der Waals surface area contributed by atoms with Crippen LogP contribution < -0.4 is 0 Å². The Kier molecular flexibility index (Phi) is 18.2. The minimum absolute atomic E-state index is 0.0344. The molecule has 0 rings (SSSR count). The number of hydrogen-bond donors (Lipinski definition) is 0. The normalized spacial score (nSPS) is 11.2. The standard InChI is InChI=1S/C20H40O4/c1-4-5-6-7-8-9-10-11-12-15-22-17-18-23-16-13-14-20(21)24-19(2)3/h19H,4-18H2,1-3H3. The Morgan fingerprint density at radius 2 is 1.21 bits per heavy atom. The molecule has 0 aliphatic heterocycles. The molecule has 0 aromatic rings. The van der Waals surface area contributed by atoms with Crippen LogP contribution in [0.1, 0.15) is 91.4 Å². The van der Waals surface area contributed by atoms with Crippen molar-refractivity contribution in [1.82, 2.24) is 0 Å². The highest BCUT2D eigenvalue weighted by Gasteiger charge is 2.04. The van der Waals surface area contributed by atoms with Crippen molar-refractivity contribution in [3.05, 3.63) is 0 Å². The second kappa shape index (κ2) is 18.7. The van der Waals surface area contributed by atoms with Crippen LogP contribution in [0, 0.1) is 0 Å². The number of carbonyl (C=O) groups is 1. The Labute approximate surface area is 149 Å². The molecule has 0 bridgehead atoms. The molecule has 0 spiro atoms. The monoisotopic (exact) mass is 344 g/mol. The Balaban J connectivity index is 3.06. The third kappa shape index (κ3) is 19.4. The zero-order chi connectivity index (χ0) is 17.9. The fourth-order valence-corrected chi connectivity index (χ4v) is 2.48.